The van der Waals surface area contributed by atoms with Crippen LogP contribution in [0.3, 0.4) is 0 Å². The molecule has 1 fully saturated rings. The van der Waals surface area contributed by atoms with Crippen molar-refractivity contribution in [1.29, 1.82) is 0 Å². The Hall–Kier alpha value is -1.02. The Morgan fingerprint density at radius 1 is 1.28 bits per heavy atom. The van der Waals surface area contributed by atoms with Gasteiger partial charge in [0.05, 0.1) is 0 Å². The first-order chi connectivity index (χ1) is 8.70. The van der Waals surface area contributed by atoms with Crippen LogP contribution in [-0.2, 0) is 6.54 Å². The van der Waals surface area contributed by atoms with Gasteiger partial charge in [-0.2, -0.15) is 0 Å². The predicted molar refractivity (Wildman–Crippen MR) is 79.1 cm³/mol. The molecule has 0 aromatic heterocycles. The summed E-state index contributed by atoms with van der Waals surface area (Å²) in [6, 6.07) is 10.4. The van der Waals surface area contributed by atoms with Crippen LogP contribution in [-0.4, -0.2) is 19.1 Å². The maximum absolute atomic E-state index is 3.55. The average Bonchev–Trinajstić information content (AvgIpc) is 3.20. The fourth-order valence-corrected chi connectivity index (χ4v) is 2.26. The number of anilines is 1. The van der Waals surface area contributed by atoms with Crippen LogP contribution in [0.2, 0.25) is 0 Å². The van der Waals surface area contributed by atoms with E-state index in [-0.39, 0.29) is 0 Å². The summed E-state index contributed by atoms with van der Waals surface area (Å²) in [6.07, 6.45) is 5.21. The number of hydrogen-bond acceptors (Lipinski definition) is 2. The minimum absolute atomic E-state index is 0.616. The summed E-state index contributed by atoms with van der Waals surface area (Å²) in [5.41, 5.74) is 2.72. The molecule has 2 nitrogen and oxygen atoms in total. The molecule has 0 saturated heterocycles. The molecule has 0 radical (unpaired) electrons. The van der Waals surface area contributed by atoms with E-state index in [1.807, 2.05) is 0 Å². The maximum Gasteiger partial charge on any atom is 0.0366 e. The van der Waals surface area contributed by atoms with Crippen LogP contribution in [0, 0.1) is 0 Å². The first-order valence-corrected chi connectivity index (χ1v) is 7.26. The van der Waals surface area contributed by atoms with Crippen molar-refractivity contribution in [3.63, 3.8) is 0 Å². The van der Waals surface area contributed by atoms with Gasteiger partial charge in [-0.3, -0.25) is 0 Å². The van der Waals surface area contributed by atoms with Crippen LogP contribution in [0.5, 0.6) is 0 Å². The molecule has 1 aliphatic carbocycles. The van der Waals surface area contributed by atoms with Gasteiger partial charge >= 0.3 is 0 Å². The van der Waals surface area contributed by atoms with E-state index in [1.54, 1.807) is 0 Å². The lowest BCUT2D eigenvalue weighted by molar-refractivity contribution is 0.616. The first kappa shape index (κ1) is 13.4. The molecule has 100 valence electrons. The standard InChI is InChI=1S/C16H26N2/c1-4-5-13(2)18(3)16-10-6-14(7-11-16)12-17-15-8-9-15/h6-7,10-11,13,15,17H,4-5,8-9,12H2,1-3H3. The molecule has 2 rings (SSSR count). The molecule has 1 aromatic carbocycles. The summed E-state index contributed by atoms with van der Waals surface area (Å²) in [4.78, 5) is 2.38. The van der Waals surface area contributed by atoms with Crippen molar-refractivity contribution in [1.82, 2.24) is 5.32 Å². The van der Waals surface area contributed by atoms with Crippen LogP contribution in [0.1, 0.15) is 45.1 Å². The van der Waals surface area contributed by atoms with Crippen LogP contribution < -0.4 is 10.2 Å². The predicted octanol–water partition coefficient (Wildman–Crippen LogP) is 3.56. The Morgan fingerprint density at radius 2 is 1.94 bits per heavy atom. The highest BCUT2D eigenvalue weighted by atomic mass is 15.1. The Balaban J connectivity index is 1.88. The van der Waals surface area contributed by atoms with Crippen LogP contribution in [0.15, 0.2) is 24.3 Å². The minimum Gasteiger partial charge on any atom is -0.372 e. The van der Waals surface area contributed by atoms with Gasteiger partial charge in [-0.25, -0.2) is 0 Å². The molecule has 0 heterocycles. The van der Waals surface area contributed by atoms with Crippen molar-refractivity contribution in [2.45, 2.75) is 58.2 Å². The van der Waals surface area contributed by atoms with Crippen molar-refractivity contribution in [2.24, 2.45) is 0 Å². The van der Waals surface area contributed by atoms with E-state index < -0.39 is 0 Å². The molecule has 1 atom stereocenters. The molecule has 0 bridgehead atoms. The Bertz CT molecular complexity index is 354. The Labute approximate surface area is 111 Å². The summed E-state index contributed by atoms with van der Waals surface area (Å²) in [7, 11) is 2.19. The Morgan fingerprint density at radius 3 is 2.50 bits per heavy atom. The highest BCUT2D eigenvalue weighted by molar-refractivity contribution is 5.47. The zero-order valence-corrected chi connectivity index (χ0v) is 11.9. The maximum atomic E-state index is 3.55. The van der Waals surface area contributed by atoms with Gasteiger partial charge < -0.3 is 10.2 Å². The number of nitrogens with one attached hydrogen (secondary N) is 1. The number of rotatable bonds is 7. The van der Waals surface area contributed by atoms with E-state index >= 15 is 0 Å². The SMILES string of the molecule is CCCC(C)N(C)c1ccc(CNC2CC2)cc1. The van der Waals surface area contributed by atoms with Crippen molar-refractivity contribution in [2.75, 3.05) is 11.9 Å². The fourth-order valence-electron chi connectivity index (χ4n) is 2.26. The lowest BCUT2D eigenvalue weighted by Gasteiger charge is -2.27. The Kier molecular flexibility index (Phi) is 4.65. The van der Waals surface area contributed by atoms with E-state index in [4.69, 9.17) is 0 Å². The molecule has 0 aliphatic heterocycles. The smallest absolute Gasteiger partial charge is 0.0366 e. The van der Waals surface area contributed by atoms with Crippen molar-refractivity contribution in [3.8, 4) is 0 Å². The third-order valence-corrected chi connectivity index (χ3v) is 3.88. The molecule has 0 amide bonds. The molecule has 1 aliphatic rings. The molecular weight excluding hydrogens is 220 g/mol. The van der Waals surface area contributed by atoms with E-state index in [9.17, 15) is 0 Å². The van der Waals surface area contributed by atoms with Crippen molar-refractivity contribution >= 4 is 5.69 Å². The van der Waals surface area contributed by atoms with E-state index in [2.05, 4.69) is 55.4 Å². The van der Waals surface area contributed by atoms with Crippen LogP contribution >= 0.6 is 0 Å². The summed E-state index contributed by atoms with van der Waals surface area (Å²) in [6.45, 7) is 5.56. The van der Waals surface area contributed by atoms with E-state index in [1.165, 1.54) is 36.9 Å². The van der Waals surface area contributed by atoms with Gasteiger partial charge in [-0.05, 0) is 43.9 Å². The van der Waals surface area contributed by atoms with Gasteiger partial charge in [0, 0.05) is 31.4 Å². The summed E-state index contributed by atoms with van der Waals surface area (Å²) < 4.78 is 0. The number of nitrogens with zero attached hydrogens (tertiary/aromatic N) is 1. The zero-order chi connectivity index (χ0) is 13.0. The highest BCUT2D eigenvalue weighted by Crippen LogP contribution is 2.21. The third kappa shape index (κ3) is 3.74. The fraction of sp³-hybridized carbons (Fsp3) is 0.625. The lowest BCUT2D eigenvalue weighted by Crippen LogP contribution is -2.28. The summed E-state index contributed by atoms with van der Waals surface area (Å²) in [5, 5.41) is 3.55. The zero-order valence-electron chi connectivity index (χ0n) is 11.9. The van der Waals surface area contributed by atoms with Gasteiger partial charge in [0.15, 0.2) is 0 Å². The molecule has 0 spiro atoms. The lowest BCUT2D eigenvalue weighted by atomic mass is 10.1. The summed E-state index contributed by atoms with van der Waals surface area (Å²) >= 11 is 0. The van der Waals surface area contributed by atoms with Crippen molar-refractivity contribution in [3.05, 3.63) is 29.8 Å². The normalized spacial score (nSPS) is 16.6. The average molecular weight is 246 g/mol. The molecule has 1 unspecified atom stereocenters. The monoisotopic (exact) mass is 246 g/mol. The molecular formula is C16H26N2. The van der Waals surface area contributed by atoms with E-state index in [0.29, 0.717) is 6.04 Å². The third-order valence-electron chi connectivity index (χ3n) is 3.88. The van der Waals surface area contributed by atoms with Gasteiger partial charge in [-0.1, -0.05) is 25.5 Å². The molecule has 1 aromatic rings. The summed E-state index contributed by atoms with van der Waals surface area (Å²) in [5.74, 6) is 0. The van der Waals surface area contributed by atoms with E-state index in [0.717, 1.165) is 12.6 Å². The topological polar surface area (TPSA) is 15.3 Å². The molecule has 1 saturated carbocycles. The molecule has 2 heteroatoms. The van der Waals surface area contributed by atoms with Crippen molar-refractivity contribution < 1.29 is 0 Å². The molecule has 18 heavy (non-hydrogen) atoms. The first-order valence-electron chi connectivity index (χ1n) is 7.26. The van der Waals surface area contributed by atoms with Crippen LogP contribution in [0.4, 0.5) is 5.69 Å². The van der Waals surface area contributed by atoms with Gasteiger partial charge in [0.2, 0.25) is 0 Å². The van der Waals surface area contributed by atoms with Crippen LogP contribution in [0.25, 0.3) is 0 Å². The minimum atomic E-state index is 0.616. The quantitative estimate of drug-likeness (QED) is 0.791. The number of benzene rings is 1. The number of hydrogen-bond donors (Lipinski definition) is 1. The van der Waals surface area contributed by atoms with Gasteiger partial charge in [0.25, 0.3) is 0 Å². The second-order valence-electron chi connectivity index (χ2n) is 5.57. The second-order valence-corrected chi connectivity index (χ2v) is 5.57. The van der Waals surface area contributed by atoms with Gasteiger partial charge in [-0.15, -0.1) is 0 Å². The molecule has 1 N–H and O–H groups in total. The second kappa shape index (κ2) is 6.24. The highest BCUT2D eigenvalue weighted by Gasteiger charge is 2.19. The van der Waals surface area contributed by atoms with Gasteiger partial charge in [0.1, 0.15) is 0 Å². The largest absolute Gasteiger partial charge is 0.372 e.